The molecule has 3 rings (SSSR count). The lowest BCUT2D eigenvalue weighted by Gasteiger charge is -2.29. The maximum absolute atomic E-state index is 14.8. The largest absolute Gasteiger partial charge is 0.420 e. The molecule has 14 heteroatoms. The van der Waals surface area contributed by atoms with Crippen LogP contribution in [0.2, 0.25) is 0 Å². The number of halogens is 5. The first kappa shape index (κ1) is 28.0. The van der Waals surface area contributed by atoms with E-state index in [1.807, 2.05) is 0 Å². The minimum atomic E-state index is -4.83. The molecule has 0 radical (unpaired) electrons. The van der Waals surface area contributed by atoms with E-state index in [0.29, 0.717) is 7.18 Å². The number of nitrogens with one attached hydrogen (secondary N) is 2. The second-order valence-corrected chi connectivity index (χ2v) is 7.94. The van der Waals surface area contributed by atoms with Gasteiger partial charge in [-0.05, 0) is 19.2 Å². The number of carbonyl (C=O) groups is 2. The predicted octanol–water partition coefficient (Wildman–Crippen LogP) is 5.20. The van der Waals surface area contributed by atoms with Crippen molar-refractivity contribution in [2.24, 2.45) is 0 Å². The third-order valence-electron chi connectivity index (χ3n) is 4.55. The van der Waals surface area contributed by atoms with E-state index in [1.165, 1.54) is 26.2 Å². The van der Waals surface area contributed by atoms with E-state index in [-0.39, 0.29) is 35.7 Å². The summed E-state index contributed by atoms with van der Waals surface area (Å²) in [6, 6.07) is 6.14. The number of rotatable bonds is 6. The number of nitrogens with zero attached hydrogens (tertiary/aromatic N) is 2. The zero-order valence-electron chi connectivity index (χ0n) is 19.1. The maximum Gasteiger partial charge on any atom is 0.420 e. The Morgan fingerprint density at radius 1 is 1.26 bits per heavy atom. The minimum Gasteiger partial charge on any atom is -0.410 e. The smallest absolute Gasteiger partial charge is 0.410 e. The van der Waals surface area contributed by atoms with Crippen LogP contribution in [-0.2, 0) is 19.3 Å². The van der Waals surface area contributed by atoms with Crippen LogP contribution in [0.4, 0.5) is 37.2 Å². The zero-order valence-corrected chi connectivity index (χ0v) is 19.9. The van der Waals surface area contributed by atoms with Gasteiger partial charge < -0.3 is 19.1 Å². The molecule has 35 heavy (non-hydrogen) atoms. The Morgan fingerprint density at radius 2 is 1.94 bits per heavy atom. The van der Waals surface area contributed by atoms with E-state index in [1.54, 1.807) is 13.1 Å². The Balaban J connectivity index is 0.00000210. The number of hydrogen-bond donors (Lipinski definition) is 2. The van der Waals surface area contributed by atoms with Gasteiger partial charge in [0.15, 0.2) is 5.82 Å². The Hall–Kier alpha value is -3.26. The molecule has 2 amide bonds. The SMILES string of the molecule is CF.CNSNc1cccc(CN2Cc3cc(C(F)(F)F)c(OC(=O)N(C)C)cc3OC2=O)c1F. The number of amides is 2. The van der Waals surface area contributed by atoms with E-state index in [9.17, 15) is 31.5 Å². The number of carbonyl (C=O) groups excluding carboxylic acids is 2. The number of alkyl halides is 4. The van der Waals surface area contributed by atoms with Gasteiger partial charge in [0.1, 0.15) is 11.5 Å². The Kier molecular flexibility index (Phi) is 9.54. The molecule has 0 unspecified atom stereocenters. The van der Waals surface area contributed by atoms with E-state index in [2.05, 4.69) is 9.44 Å². The molecule has 1 aliphatic rings. The lowest BCUT2D eigenvalue weighted by atomic mass is 10.1. The molecular weight excluding hydrogens is 499 g/mol. The van der Waals surface area contributed by atoms with Crippen molar-refractivity contribution in [1.82, 2.24) is 14.5 Å². The number of benzene rings is 2. The van der Waals surface area contributed by atoms with Gasteiger partial charge in [0, 0.05) is 43.4 Å². The van der Waals surface area contributed by atoms with Crippen molar-refractivity contribution < 1.29 is 41.0 Å². The van der Waals surface area contributed by atoms with Crippen LogP contribution in [0.5, 0.6) is 11.5 Å². The van der Waals surface area contributed by atoms with E-state index in [0.717, 1.165) is 34.1 Å². The molecule has 8 nitrogen and oxygen atoms in total. The van der Waals surface area contributed by atoms with Gasteiger partial charge in [0.2, 0.25) is 0 Å². The van der Waals surface area contributed by atoms with Crippen molar-refractivity contribution in [2.45, 2.75) is 19.3 Å². The maximum atomic E-state index is 14.8. The van der Waals surface area contributed by atoms with Crippen molar-refractivity contribution in [3.63, 3.8) is 0 Å². The summed E-state index contributed by atoms with van der Waals surface area (Å²) >= 11 is 1.04. The minimum absolute atomic E-state index is 0.0343. The van der Waals surface area contributed by atoms with Crippen LogP contribution in [0.25, 0.3) is 0 Å². The summed E-state index contributed by atoms with van der Waals surface area (Å²) in [5.41, 5.74) is -0.850. The average Bonchev–Trinajstić information content (AvgIpc) is 2.80. The van der Waals surface area contributed by atoms with E-state index in [4.69, 9.17) is 9.47 Å². The van der Waals surface area contributed by atoms with Crippen LogP contribution < -0.4 is 18.9 Å². The van der Waals surface area contributed by atoms with Gasteiger partial charge in [-0.3, -0.25) is 9.29 Å². The van der Waals surface area contributed by atoms with Crippen molar-refractivity contribution >= 4 is 30.0 Å². The van der Waals surface area contributed by atoms with Gasteiger partial charge in [-0.1, -0.05) is 12.1 Å². The number of hydrogen-bond acceptors (Lipinski definition) is 7. The summed E-state index contributed by atoms with van der Waals surface area (Å²) in [6.07, 6.45) is -6.74. The number of ether oxygens (including phenoxy) is 2. The third kappa shape index (κ3) is 6.88. The summed E-state index contributed by atoms with van der Waals surface area (Å²) in [5, 5.41) is 0. The second kappa shape index (κ2) is 11.9. The molecule has 0 aromatic heterocycles. The fraction of sp³-hybridized carbons (Fsp3) is 0.333. The van der Waals surface area contributed by atoms with Crippen LogP contribution in [0.15, 0.2) is 30.3 Å². The molecule has 2 aromatic rings. The molecule has 0 fully saturated rings. The first-order valence-corrected chi connectivity index (χ1v) is 10.7. The Labute approximate surface area is 202 Å². The molecule has 2 N–H and O–H groups in total. The van der Waals surface area contributed by atoms with Crippen molar-refractivity contribution in [3.05, 3.63) is 52.8 Å². The summed E-state index contributed by atoms with van der Waals surface area (Å²) in [6.45, 7) is -0.496. The summed E-state index contributed by atoms with van der Waals surface area (Å²) in [4.78, 5) is 26.3. The highest BCUT2D eigenvalue weighted by Crippen LogP contribution is 2.42. The molecule has 0 bridgehead atoms. The molecule has 1 aliphatic heterocycles. The fourth-order valence-corrected chi connectivity index (χ4v) is 3.33. The molecule has 0 spiro atoms. The number of fused-ring (bicyclic) bond motifs is 1. The standard InChI is InChI=1S/C20H20F4N4O4S.CH3F/c1-25-33-26-14-6-4-5-11(17(14)21)9-28-10-12-7-13(20(22,23)24)16(32-18(29)27(2)3)8-15(12)31-19(28)30;1-2/h4-8,25-26H,9-10H2,1-3H3;1H3. The lowest BCUT2D eigenvalue weighted by molar-refractivity contribution is -0.138. The molecule has 2 aromatic carbocycles. The monoisotopic (exact) mass is 522 g/mol. The van der Waals surface area contributed by atoms with Gasteiger partial charge in [0.25, 0.3) is 0 Å². The van der Waals surface area contributed by atoms with Crippen LogP contribution in [0, 0.1) is 5.82 Å². The van der Waals surface area contributed by atoms with Crippen molar-refractivity contribution in [3.8, 4) is 11.5 Å². The fourth-order valence-electron chi connectivity index (χ4n) is 2.96. The van der Waals surface area contributed by atoms with Crippen LogP contribution >= 0.6 is 12.1 Å². The highest BCUT2D eigenvalue weighted by molar-refractivity contribution is 7.98. The summed E-state index contributed by atoms with van der Waals surface area (Å²) < 4.78 is 80.5. The van der Waals surface area contributed by atoms with Gasteiger partial charge >= 0.3 is 18.4 Å². The van der Waals surface area contributed by atoms with Gasteiger partial charge in [-0.15, -0.1) is 0 Å². The summed E-state index contributed by atoms with van der Waals surface area (Å²) in [7, 11) is 4.77. The van der Waals surface area contributed by atoms with Gasteiger partial charge in [-0.25, -0.2) is 18.7 Å². The molecule has 0 saturated carbocycles. The second-order valence-electron chi connectivity index (χ2n) is 7.13. The third-order valence-corrected chi connectivity index (χ3v) is 5.08. The summed E-state index contributed by atoms with van der Waals surface area (Å²) in [5.74, 6) is -1.57. The highest BCUT2D eigenvalue weighted by Gasteiger charge is 2.38. The Morgan fingerprint density at radius 3 is 2.54 bits per heavy atom. The molecular formula is C21H23F5N4O4S. The molecule has 0 atom stereocenters. The van der Waals surface area contributed by atoms with Crippen LogP contribution in [0.1, 0.15) is 16.7 Å². The normalized spacial score (nSPS) is 12.7. The lowest BCUT2D eigenvalue weighted by Crippen LogP contribution is -2.37. The van der Waals surface area contributed by atoms with Gasteiger partial charge in [0.05, 0.1) is 31.5 Å². The average molecular weight is 522 g/mol. The molecule has 0 aliphatic carbocycles. The van der Waals surface area contributed by atoms with E-state index >= 15 is 0 Å². The Bertz CT molecular complexity index is 1070. The molecule has 0 saturated heterocycles. The number of anilines is 1. The first-order chi connectivity index (χ1) is 16.5. The van der Waals surface area contributed by atoms with Crippen LogP contribution in [0.3, 0.4) is 0 Å². The van der Waals surface area contributed by atoms with E-state index < -0.39 is 35.5 Å². The highest BCUT2D eigenvalue weighted by atomic mass is 32.2. The zero-order chi connectivity index (χ0) is 26.3. The molecule has 1 heterocycles. The first-order valence-electron chi connectivity index (χ1n) is 9.85. The van der Waals surface area contributed by atoms with Crippen molar-refractivity contribution in [2.75, 3.05) is 33.0 Å². The quantitative estimate of drug-likeness (QED) is 0.399. The predicted molar refractivity (Wildman–Crippen MR) is 120 cm³/mol. The van der Waals surface area contributed by atoms with Crippen molar-refractivity contribution in [1.29, 1.82) is 0 Å². The topological polar surface area (TPSA) is 83.1 Å². The van der Waals surface area contributed by atoms with Gasteiger partial charge in [-0.2, -0.15) is 13.2 Å². The molecule has 192 valence electrons. The van der Waals surface area contributed by atoms with Crippen LogP contribution in [-0.4, -0.2) is 50.3 Å².